The number of carbonyl (C=O) groups is 1. The molecule has 0 radical (unpaired) electrons. The molecule has 4 aliphatic carbocycles. The molecular formula is C34H38F2N2O6. The first-order chi connectivity index (χ1) is 20.9. The van der Waals surface area contributed by atoms with Crippen molar-refractivity contribution in [2.24, 2.45) is 22.7 Å². The molecule has 2 heterocycles. The van der Waals surface area contributed by atoms with Crippen LogP contribution >= 0.6 is 0 Å². The normalized spacial score (nSPS) is 43.9. The lowest BCUT2D eigenvalue weighted by Crippen LogP contribution is -2.70. The zero-order chi connectivity index (χ0) is 31.2. The van der Waals surface area contributed by atoms with Crippen LogP contribution in [0.1, 0.15) is 56.1 Å². The molecule has 5 aliphatic rings. The highest BCUT2D eigenvalue weighted by Gasteiger charge is 2.80. The number of alkyl halides is 2. The number of Topliss-reactive ketones (excluding diaryl/α,β-unsaturated/α-hetero) is 1. The van der Waals surface area contributed by atoms with E-state index in [2.05, 4.69) is 4.98 Å². The predicted octanol–water partition coefficient (Wildman–Crippen LogP) is 3.69. The Morgan fingerprint density at radius 3 is 2.50 bits per heavy atom. The SMILES string of the molecule is C[C@]12C=CC(O)C=C1[C@@H](F)C[C@H]1[C@@H]3C[C@H]4O[C@@H](c5ccc(Cc6ccc(N)nc6)cc5)O[C@@]4(C(=O)CO)[C@@]3(C)C[C@H](O)[C@@]12F. The summed E-state index contributed by atoms with van der Waals surface area (Å²) in [5.41, 5.74) is 1.98. The fraction of sp³-hybridized carbons (Fsp3) is 0.529. The summed E-state index contributed by atoms with van der Waals surface area (Å²) in [6.45, 7) is 2.54. The maximum atomic E-state index is 17.6. The van der Waals surface area contributed by atoms with E-state index in [0.29, 0.717) is 17.8 Å². The number of nitrogens with two attached hydrogens (primary N) is 1. The molecule has 1 saturated heterocycles. The maximum Gasteiger partial charge on any atom is 0.193 e. The molecule has 4 fully saturated rings. The van der Waals surface area contributed by atoms with Gasteiger partial charge in [0.05, 0.1) is 18.3 Å². The third-order valence-corrected chi connectivity index (χ3v) is 11.5. The Labute approximate surface area is 254 Å². The van der Waals surface area contributed by atoms with Crippen molar-refractivity contribution in [1.29, 1.82) is 0 Å². The average Bonchev–Trinajstić information content (AvgIpc) is 3.50. The number of fused-ring (bicyclic) bond motifs is 7. The van der Waals surface area contributed by atoms with Crippen LogP contribution < -0.4 is 5.73 Å². The van der Waals surface area contributed by atoms with Gasteiger partial charge in [-0.05, 0) is 67.4 Å². The van der Waals surface area contributed by atoms with Crippen LogP contribution in [0.25, 0.3) is 0 Å². The predicted molar refractivity (Wildman–Crippen MR) is 156 cm³/mol. The highest BCUT2D eigenvalue weighted by molar-refractivity contribution is 5.91. The van der Waals surface area contributed by atoms with Crippen molar-refractivity contribution < 1.29 is 38.4 Å². The first-order valence-corrected chi connectivity index (χ1v) is 15.2. The molecule has 2 aromatic rings. The van der Waals surface area contributed by atoms with Crippen molar-refractivity contribution in [1.82, 2.24) is 4.98 Å². The average molecular weight is 609 g/mol. The van der Waals surface area contributed by atoms with Crippen LogP contribution in [0, 0.1) is 22.7 Å². The summed E-state index contributed by atoms with van der Waals surface area (Å²) >= 11 is 0. The number of hydrogen-bond donors (Lipinski definition) is 4. The summed E-state index contributed by atoms with van der Waals surface area (Å²) in [7, 11) is 0. The fourth-order valence-corrected chi connectivity index (χ4v) is 9.40. The van der Waals surface area contributed by atoms with Crippen LogP contribution in [0.3, 0.4) is 0 Å². The first kappa shape index (κ1) is 29.7. The Balaban J connectivity index is 1.20. The number of ketones is 1. The summed E-state index contributed by atoms with van der Waals surface area (Å²) in [5.74, 6) is -1.69. The van der Waals surface area contributed by atoms with Crippen molar-refractivity contribution in [2.45, 2.75) is 81.6 Å². The van der Waals surface area contributed by atoms with Gasteiger partial charge >= 0.3 is 0 Å². The number of rotatable bonds is 5. The maximum absolute atomic E-state index is 17.6. The van der Waals surface area contributed by atoms with Gasteiger partial charge < -0.3 is 30.5 Å². The summed E-state index contributed by atoms with van der Waals surface area (Å²) in [6, 6.07) is 11.2. The second-order valence-electron chi connectivity index (χ2n) is 13.6. The number of anilines is 1. The summed E-state index contributed by atoms with van der Waals surface area (Å²) in [5, 5.41) is 32.0. The Kier molecular flexibility index (Phi) is 6.74. The van der Waals surface area contributed by atoms with Gasteiger partial charge in [0.1, 0.15) is 18.6 Å². The number of halogens is 2. The molecule has 1 aromatic heterocycles. The second-order valence-corrected chi connectivity index (χ2v) is 13.6. The third-order valence-electron chi connectivity index (χ3n) is 11.5. The molecule has 5 N–H and O–H groups in total. The number of nitrogen functional groups attached to an aromatic ring is 1. The minimum Gasteiger partial charge on any atom is -0.390 e. The number of allylic oxidation sites excluding steroid dienone is 2. The third kappa shape index (κ3) is 3.84. The van der Waals surface area contributed by atoms with Gasteiger partial charge in [-0.25, -0.2) is 13.8 Å². The molecule has 8 nitrogen and oxygen atoms in total. The molecule has 11 atom stereocenters. The number of benzene rings is 1. The monoisotopic (exact) mass is 608 g/mol. The largest absolute Gasteiger partial charge is 0.390 e. The van der Waals surface area contributed by atoms with E-state index in [4.69, 9.17) is 15.2 Å². The van der Waals surface area contributed by atoms with Crippen LogP contribution in [0.4, 0.5) is 14.6 Å². The van der Waals surface area contributed by atoms with Gasteiger partial charge in [0.2, 0.25) is 0 Å². The van der Waals surface area contributed by atoms with E-state index in [0.717, 1.165) is 11.1 Å². The standard InChI is InChI=1S/C34H38F2N2O6/c1-31-10-9-21(40)12-24(31)25(35)13-23-22-14-28-34(27(42)17-39,32(22,2)15-26(41)33(23,31)36)44-30(43-28)20-6-3-18(4-7-20)11-19-5-8-29(37)38-16-19/h3-10,12,16,21-23,25-26,28,30,39-41H,11,13-15,17H2,1-2H3,(H2,37,38)/t21?,22-,23-,25-,26-,28+,30+,31-,32-,33-,34+/m0/s1. The smallest absolute Gasteiger partial charge is 0.193 e. The molecule has 234 valence electrons. The van der Waals surface area contributed by atoms with Gasteiger partial charge in [0.25, 0.3) is 0 Å². The van der Waals surface area contributed by atoms with Gasteiger partial charge in [0.15, 0.2) is 23.3 Å². The van der Waals surface area contributed by atoms with Crippen LogP contribution in [0.2, 0.25) is 0 Å². The number of hydrogen-bond acceptors (Lipinski definition) is 8. The van der Waals surface area contributed by atoms with E-state index >= 15 is 8.78 Å². The van der Waals surface area contributed by atoms with E-state index in [9.17, 15) is 20.1 Å². The molecule has 0 spiro atoms. The van der Waals surface area contributed by atoms with Crippen molar-refractivity contribution in [2.75, 3.05) is 12.3 Å². The number of aromatic nitrogens is 1. The molecule has 7 rings (SSSR count). The van der Waals surface area contributed by atoms with Gasteiger partial charge in [-0.3, -0.25) is 4.79 Å². The Bertz CT molecular complexity index is 1530. The molecule has 1 aromatic carbocycles. The van der Waals surface area contributed by atoms with Crippen molar-refractivity contribution >= 4 is 11.6 Å². The molecular weight excluding hydrogens is 570 g/mol. The highest BCUT2D eigenvalue weighted by atomic mass is 19.1. The van der Waals surface area contributed by atoms with Crippen LogP contribution in [0.5, 0.6) is 0 Å². The zero-order valence-corrected chi connectivity index (χ0v) is 24.7. The van der Waals surface area contributed by atoms with E-state index < -0.39 is 77.1 Å². The number of ether oxygens (including phenoxy) is 2. The van der Waals surface area contributed by atoms with Crippen LogP contribution in [-0.2, 0) is 20.7 Å². The topological polar surface area (TPSA) is 135 Å². The van der Waals surface area contributed by atoms with Gasteiger partial charge in [0, 0.05) is 28.5 Å². The Hall–Kier alpha value is -3.02. The minimum absolute atomic E-state index is 0.136. The Morgan fingerprint density at radius 1 is 1.09 bits per heavy atom. The number of pyridine rings is 1. The number of aliphatic hydroxyl groups excluding tert-OH is 3. The van der Waals surface area contributed by atoms with E-state index in [1.165, 1.54) is 18.2 Å². The van der Waals surface area contributed by atoms with Crippen molar-refractivity contribution in [3.8, 4) is 0 Å². The lowest BCUT2D eigenvalue weighted by molar-refractivity contribution is -0.235. The van der Waals surface area contributed by atoms with Crippen LogP contribution in [-0.4, -0.2) is 68.4 Å². The van der Waals surface area contributed by atoms with Gasteiger partial charge in [-0.15, -0.1) is 0 Å². The minimum atomic E-state index is -2.25. The van der Waals surface area contributed by atoms with E-state index in [1.807, 2.05) is 30.3 Å². The van der Waals surface area contributed by atoms with Crippen molar-refractivity contribution in [3.63, 3.8) is 0 Å². The van der Waals surface area contributed by atoms with E-state index in [1.54, 1.807) is 26.1 Å². The van der Waals surface area contributed by atoms with Gasteiger partial charge in [-0.1, -0.05) is 49.4 Å². The molecule has 0 amide bonds. The molecule has 0 bridgehead atoms. The Morgan fingerprint density at radius 2 is 1.82 bits per heavy atom. The van der Waals surface area contributed by atoms with E-state index in [-0.39, 0.29) is 24.8 Å². The summed E-state index contributed by atoms with van der Waals surface area (Å²) in [4.78, 5) is 17.8. The lowest BCUT2D eigenvalue weighted by atomic mass is 9.44. The molecule has 44 heavy (non-hydrogen) atoms. The zero-order valence-electron chi connectivity index (χ0n) is 24.7. The second kappa shape index (κ2) is 9.99. The summed E-state index contributed by atoms with van der Waals surface area (Å²) in [6.07, 6.45) is 0.584. The molecule has 1 aliphatic heterocycles. The highest BCUT2D eigenvalue weighted by Crippen LogP contribution is 2.72. The lowest BCUT2D eigenvalue weighted by Gasteiger charge is -2.63. The quantitative estimate of drug-likeness (QED) is 0.378. The molecule has 3 saturated carbocycles. The molecule has 1 unspecified atom stereocenters. The van der Waals surface area contributed by atoms with Gasteiger partial charge in [-0.2, -0.15) is 0 Å². The van der Waals surface area contributed by atoms with Crippen molar-refractivity contribution in [3.05, 3.63) is 83.1 Å². The fourth-order valence-electron chi connectivity index (χ4n) is 9.40. The molecule has 10 heteroatoms. The first-order valence-electron chi connectivity index (χ1n) is 15.2. The number of carbonyl (C=O) groups excluding carboxylic acids is 1. The summed E-state index contributed by atoms with van der Waals surface area (Å²) < 4.78 is 46.4. The van der Waals surface area contributed by atoms with Crippen LogP contribution in [0.15, 0.2) is 66.4 Å². The number of nitrogens with zero attached hydrogens (tertiary/aromatic N) is 1. The number of aliphatic hydroxyl groups is 3.